The van der Waals surface area contributed by atoms with Crippen molar-refractivity contribution < 1.29 is 59.6 Å². The van der Waals surface area contributed by atoms with Crippen LogP contribution in [0.4, 0.5) is 27.2 Å². The van der Waals surface area contributed by atoms with Gasteiger partial charge in [-0.25, -0.2) is 27.2 Å². The largest absolute Gasteiger partial charge is 1.00 e. The molecular weight excluding hydrogens is 665 g/mol. The summed E-state index contributed by atoms with van der Waals surface area (Å²) in [6.07, 6.45) is 3.27. The summed E-state index contributed by atoms with van der Waals surface area (Å²) in [5.41, 5.74) is 2.71. The van der Waals surface area contributed by atoms with E-state index in [0.29, 0.717) is 50.3 Å². The Morgan fingerprint density at radius 3 is 1.33 bits per heavy atom. The molecule has 0 radical (unpaired) electrons. The van der Waals surface area contributed by atoms with E-state index in [9.17, 15) is 31.9 Å². The summed E-state index contributed by atoms with van der Waals surface area (Å²) in [6, 6.07) is 0.177. The molecule has 0 saturated heterocycles. The number of ketones is 1. The summed E-state index contributed by atoms with van der Waals surface area (Å²) in [5, 5.41) is 5.40. The van der Waals surface area contributed by atoms with Crippen LogP contribution in [0.2, 0.25) is 0 Å². The van der Waals surface area contributed by atoms with Crippen LogP contribution in [-0.2, 0) is 14.3 Å². The van der Waals surface area contributed by atoms with Crippen molar-refractivity contribution in [3.8, 4) is 0 Å². The first-order valence-electron chi connectivity index (χ1n) is 15.3. The normalized spacial score (nSPS) is 20.2. The summed E-state index contributed by atoms with van der Waals surface area (Å²) >= 11 is 10.1. The number of hydrogen-bond acceptors (Lipinski definition) is 5. The number of halogens is 7. The fraction of sp³-hybridized carbons (Fsp3) is 0.900. The molecule has 3 aliphatic carbocycles. The average Bonchev–Trinajstić information content (AvgIpc) is 2.87. The maximum Gasteiger partial charge on any atom is 0.407 e. The van der Waals surface area contributed by atoms with Crippen LogP contribution in [0.5, 0.6) is 0 Å². The fourth-order valence-electron chi connectivity index (χ4n) is 4.32. The molecule has 2 amide bonds. The Hall–Kier alpha value is -1.24. The smallest absolute Gasteiger partial charge is 0.407 e. The van der Waals surface area contributed by atoms with E-state index in [1.165, 1.54) is 0 Å². The minimum Gasteiger partial charge on any atom is -1.00 e. The number of carbonyl (C=O) groups is 3. The van der Waals surface area contributed by atoms with E-state index >= 15 is 0 Å². The zero-order valence-corrected chi connectivity index (χ0v) is 29.8. The number of quaternary nitrogens is 1. The summed E-state index contributed by atoms with van der Waals surface area (Å²) < 4.78 is 60.6. The van der Waals surface area contributed by atoms with E-state index in [1.807, 2.05) is 20.8 Å². The van der Waals surface area contributed by atoms with Gasteiger partial charge in [0, 0.05) is 75.2 Å². The fourth-order valence-corrected chi connectivity index (χ4v) is 4.32. The number of Topliss-reactive ketones (excluding diaryl/α,β-unsaturated/α-hetero) is 1. The van der Waals surface area contributed by atoms with Gasteiger partial charge in [-0.1, -0.05) is 0 Å². The molecule has 45 heavy (non-hydrogen) atoms. The van der Waals surface area contributed by atoms with Gasteiger partial charge in [0.1, 0.15) is 17.0 Å². The van der Waals surface area contributed by atoms with Crippen LogP contribution < -0.4 is 28.8 Å². The van der Waals surface area contributed by atoms with Crippen LogP contribution in [0.1, 0.15) is 119 Å². The molecule has 0 aromatic heterocycles. The highest BCUT2D eigenvalue weighted by atomic mass is 35.5. The van der Waals surface area contributed by atoms with Crippen LogP contribution in [0, 0.1) is 0 Å². The molecule has 0 spiro atoms. The zero-order chi connectivity index (χ0) is 34.2. The summed E-state index contributed by atoms with van der Waals surface area (Å²) in [5.74, 6) is -3.54. The monoisotopic (exact) mass is 717 g/mol. The van der Waals surface area contributed by atoms with Crippen LogP contribution in [-0.4, -0.2) is 70.9 Å². The molecule has 15 heteroatoms. The predicted molar refractivity (Wildman–Crippen MR) is 165 cm³/mol. The third kappa shape index (κ3) is 26.5. The lowest BCUT2D eigenvalue weighted by Gasteiger charge is -2.29. The quantitative estimate of drug-likeness (QED) is 0.296. The number of alkyl carbamates (subject to hydrolysis) is 2. The number of alkyl halides is 6. The molecule has 0 aromatic carbocycles. The van der Waals surface area contributed by atoms with Gasteiger partial charge in [-0.15, -0.1) is 23.2 Å². The van der Waals surface area contributed by atoms with Gasteiger partial charge in [0.15, 0.2) is 0 Å². The van der Waals surface area contributed by atoms with Crippen LogP contribution in [0.15, 0.2) is 0 Å². The maximum atomic E-state index is 12.8. The lowest BCUT2D eigenvalue weighted by Crippen LogP contribution is -3.00. The van der Waals surface area contributed by atoms with Crippen molar-refractivity contribution in [2.75, 3.05) is 11.8 Å². The number of hydrogen-bond donors (Lipinski definition) is 3. The highest BCUT2D eigenvalue weighted by Crippen LogP contribution is 2.33. The van der Waals surface area contributed by atoms with E-state index in [4.69, 9.17) is 32.7 Å². The predicted octanol–water partition coefficient (Wildman–Crippen LogP) is 4.39. The molecular formula is C30H54Cl3F4N3O5. The Morgan fingerprint density at radius 2 is 1.04 bits per heavy atom. The van der Waals surface area contributed by atoms with Gasteiger partial charge < -0.3 is 38.2 Å². The molecule has 0 heterocycles. The molecule has 3 saturated carbocycles. The standard InChI is InChI=1S/C11H19F2NO2.C11H19NO3.C6H11F2N.C2H4Cl2.ClH/c1-10(2,3)16-9(15)14-8-4-6-11(12,13)7-5-8;1-11(2,3)15-10(14)12-8-4-6-9(13)7-5-8;7-6(8)3-1-5(9)2-4-6;3-1-2-4;/h8H,4-7H2,1-3H3,(H,14,15);8H,4-7H2,1-3H3,(H,12,14);5H,1-4,9H2;1-2H2;1H. The van der Waals surface area contributed by atoms with Gasteiger partial charge in [-0.05, 0) is 67.2 Å². The van der Waals surface area contributed by atoms with Gasteiger partial charge in [0.05, 0.1) is 6.04 Å². The second-order valence-corrected chi connectivity index (χ2v) is 14.2. The summed E-state index contributed by atoms with van der Waals surface area (Å²) in [7, 11) is 0. The Bertz CT molecular complexity index is 843. The molecule has 3 fully saturated rings. The molecule has 0 aliphatic heterocycles. The molecule has 0 unspecified atom stereocenters. The van der Waals surface area contributed by atoms with Gasteiger partial charge in [-0.3, -0.25) is 4.79 Å². The van der Waals surface area contributed by atoms with E-state index in [0.717, 1.165) is 12.8 Å². The van der Waals surface area contributed by atoms with Gasteiger partial charge in [0.25, 0.3) is 0 Å². The highest BCUT2D eigenvalue weighted by molar-refractivity contribution is 6.25. The summed E-state index contributed by atoms with van der Waals surface area (Å²) in [6.45, 7) is 10.8. The van der Waals surface area contributed by atoms with Crippen molar-refractivity contribution in [2.45, 2.75) is 160 Å². The van der Waals surface area contributed by atoms with E-state index in [2.05, 4.69) is 16.4 Å². The molecule has 268 valence electrons. The van der Waals surface area contributed by atoms with Crippen molar-refractivity contribution in [3.05, 3.63) is 0 Å². The van der Waals surface area contributed by atoms with Crippen LogP contribution >= 0.6 is 23.2 Å². The van der Waals surface area contributed by atoms with E-state index in [-0.39, 0.29) is 68.1 Å². The minimum absolute atomic E-state index is 0. The second-order valence-electron chi connectivity index (χ2n) is 13.4. The molecule has 0 atom stereocenters. The second kappa shape index (κ2) is 21.6. The molecule has 0 bridgehead atoms. The third-order valence-electron chi connectivity index (χ3n) is 6.61. The molecule has 3 aliphatic rings. The molecule has 0 aromatic rings. The Labute approximate surface area is 282 Å². The third-order valence-corrected chi connectivity index (χ3v) is 7.18. The lowest BCUT2D eigenvalue weighted by molar-refractivity contribution is -0.430. The number of rotatable bonds is 3. The summed E-state index contributed by atoms with van der Waals surface area (Å²) in [4.78, 5) is 33.7. The Balaban J connectivity index is 0. The van der Waals surface area contributed by atoms with Crippen molar-refractivity contribution in [1.29, 1.82) is 0 Å². The van der Waals surface area contributed by atoms with E-state index in [1.54, 1.807) is 20.8 Å². The van der Waals surface area contributed by atoms with Crippen molar-refractivity contribution in [1.82, 2.24) is 10.6 Å². The number of amides is 2. The first-order chi connectivity index (χ1) is 20.1. The van der Waals surface area contributed by atoms with Gasteiger partial charge in [0.2, 0.25) is 11.8 Å². The van der Waals surface area contributed by atoms with Crippen molar-refractivity contribution >= 4 is 41.2 Å². The van der Waals surface area contributed by atoms with Crippen LogP contribution in [0.3, 0.4) is 0 Å². The molecule has 5 N–H and O–H groups in total. The Morgan fingerprint density at radius 1 is 0.733 bits per heavy atom. The van der Waals surface area contributed by atoms with Crippen LogP contribution in [0.25, 0.3) is 0 Å². The maximum absolute atomic E-state index is 12.8. The average molecular weight is 719 g/mol. The first-order valence-corrected chi connectivity index (χ1v) is 16.3. The Kier molecular flexibility index (Phi) is 22.0. The van der Waals surface area contributed by atoms with Gasteiger partial charge in [-0.2, -0.15) is 0 Å². The zero-order valence-electron chi connectivity index (χ0n) is 27.5. The number of carbonyl (C=O) groups excluding carboxylic acids is 3. The lowest BCUT2D eigenvalue weighted by atomic mass is 9.92. The van der Waals surface area contributed by atoms with Gasteiger partial charge >= 0.3 is 12.2 Å². The van der Waals surface area contributed by atoms with Crippen molar-refractivity contribution in [2.24, 2.45) is 0 Å². The first kappa shape index (κ1) is 45.9. The highest BCUT2D eigenvalue weighted by Gasteiger charge is 2.36. The minimum atomic E-state index is -2.56. The molecule has 3 rings (SSSR count). The van der Waals surface area contributed by atoms with Crippen molar-refractivity contribution in [3.63, 3.8) is 0 Å². The number of ether oxygens (including phenoxy) is 2. The van der Waals surface area contributed by atoms with E-state index < -0.39 is 29.1 Å². The number of nitrogens with one attached hydrogen (secondary N) is 2. The topological polar surface area (TPSA) is 121 Å². The molecule has 8 nitrogen and oxygen atoms in total. The SMILES string of the molecule is CC(C)(C)OC(=O)NC1CCC(=O)CC1.CC(C)(C)OC(=O)NC1CCC(F)(F)CC1.ClCCCl.[Cl-].[NH3+]C1CCC(F)(F)CC1.